The lowest BCUT2D eigenvalue weighted by molar-refractivity contribution is -0.137. The van der Waals surface area contributed by atoms with E-state index < -0.39 is 12.0 Å². The van der Waals surface area contributed by atoms with Crippen LogP contribution < -0.4 is 11.1 Å². The summed E-state index contributed by atoms with van der Waals surface area (Å²) in [7, 11) is 0. The highest BCUT2D eigenvalue weighted by Gasteiger charge is 2.12. The molecule has 1 atom stereocenters. The van der Waals surface area contributed by atoms with E-state index in [1.807, 2.05) is 0 Å². The van der Waals surface area contributed by atoms with Crippen LogP contribution in [-0.2, 0) is 9.59 Å². The lowest BCUT2D eigenvalue weighted by Crippen LogP contribution is -2.33. The third-order valence-electron chi connectivity index (χ3n) is 1.98. The zero-order valence-corrected chi connectivity index (χ0v) is 10.2. The van der Waals surface area contributed by atoms with Gasteiger partial charge in [-0.15, -0.1) is 11.8 Å². The number of hydrogen-bond donors (Lipinski definition) is 3. The number of carboxylic acids is 1. The van der Waals surface area contributed by atoms with Crippen molar-refractivity contribution in [1.29, 1.82) is 0 Å². The molecular weight excluding hydrogens is 259 g/mol. The van der Waals surface area contributed by atoms with Crippen LogP contribution in [0.15, 0.2) is 24.3 Å². The number of carboxylic acid groups (broad SMARTS) is 1. The van der Waals surface area contributed by atoms with E-state index in [4.69, 9.17) is 10.8 Å². The zero-order valence-electron chi connectivity index (χ0n) is 9.43. The molecule has 4 N–H and O–H groups in total. The SMILES string of the molecule is N[C@H](CSCC(=O)Nc1ccc(F)cc1)C(=O)O. The number of thioether (sulfide) groups is 1. The van der Waals surface area contributed by atoms with Crippen LogP contribution in [0.2, 0.25) is 0 Å². The molecule has 0 aliphatic heterocycles. The molecule has 0 spiro atoms. The minimum absolute atomic E-state index is 0.0956. The van der Waals surface area contributed by atoms with Gasteiger partial charge >= 0.3 is 5.97 Å². The lowest BCUT2D eigenvalue weighted by Gasteiger charge is -2.07. The van der Waals surface area contributed by atoms with Gasteiger partial charge in [-0.25, -0.2) is 4.39 Å². The summed E-state index contributed by atoms with van der Waals surface area (Å²) in [5.74, 6) is -1.51. The molecule has 7 heteroatoms. The molecule has 1 aromatic rings. The number of halogens is 1. The van der Waals surface area contributed by atoms with E-state index in [1.54, 1.807) is 0 Å². The molecule has 0 aliphatic rings. The Morgan fingerprint density at radius 3 is 2.56 bits per heavy atom. The van der Waals surface area contributed by atoms with Gasteiger partial charge < -0.3 is 16.2 Å². The van der Waals surface area contributed by atoms with Crippen molar-refractivity contribution in [2.45, 2.75) is 6.04 Å². The van der Waals surface area contributed by atoms with Crippen LogP contribution >= 0.6 is 11.8 Å². The zero-order chi connectivity index (χ0) is 13.5. The Balaban J connectivity index is 2.30. The topological polar surface area (TPSA) is 92.4 Å². The van der Waals surface area contributed by atoms with Gasteiger partial charge in [-0.1, -0.05) is 0 Å². The number of aliphatic carboxylic acids is 1. The van der Waals surface area contributed by atoms with E-state index in [9.17, 15) is 14.0 Å². The third kappa shape index (κ3) is 5.15. The minimum atomic E-state index is -1.10. The number of rotatable bonds is 6. The van der Waals surface area contributed by atoms with E-state index in [0.29, 0.717) is 5.69 Å². The molecule has 0 unspecified atom stereocenters. The summed E-state index contributed by atoms with van der Waals surface area (Å²) in [6.07, 6.45) is 0. The minimum Gasteiger partial charge on any atom is -0.480 e. The summed E-state index contributed by atoms with van der Waals surface area (Å²) >= 11 is 1.13. The van der Waals surface area contributed by atoms with Crippen LogP contribution in [0, 0.1) is 5.82 Å². The van der Waals surface area contributed by atoms with Gasteiger partial charge in [-0.2, -0.15) is 0 Å². The molecule has 1 amide bonds. The number of amides is 1. The number of carbonyl (C=O) groups excluding carboxylic acids is 1. The molecule has 0 fully saturated rings. The molecule has 0 aromatic heterocycles. The van der Waals surface area contributed by atoms with Crippen molar-refractivity contribution in [2.24, 2.45) is 5.73 Å². The van der Waals surface area contributed by atoms with Crippen molar-refractivity contribution in [3.8, 4) is 0 Å². The monoisotopic (exact) mass is 272 g/mol. The van der Waals surface area contributed by atoms with Crippen LogP contribution in [0.25, 0.3) is 0 Å². The summed E-state index contributed by atoms with van der Waals surface area (Å²) in [4.78, 5) is 21.9. The van der Waals surface area contributed by atoms with Gasteiger partial charge in [0.25, 0.3) is 0 Å². The highest BCUT2D eigenvalue weighted by Crippen LogP contribution is 2.09. The summed E-state index contributed by atoms with van der Waals surface area (Å²) in [6, 6.07) is 4.39. The van der Waals surface area contributed by atoms with Crippen molar-refractivity contribution < 1.29 is 19.1 Å². The second-order valence-electron chi connectivity index (χ2n) is 3.51. The van der Waals surface area contributed by atoms with Crippen molar-refractivity contribution in [3.63, 3.8) is 0 Å². The van der Waals surface area contributed by atoms with Crippen LogP contribution in [0.5, 0.6) is 0 Å². The summed E-state index contributed by atoms with van der Waals surface area (Å²) in [5, 5.41) is 11.1. The standard InChI is InChI=1S/C11H13FN2O3S/c12-7-1-3-8(4-2-7)14-10(15)6-18-5-9(13)11(16)17/h1-4,9H,5-6,13H2,(H,14,15)(H,16,17)/t9-/m1/s1. The van der Waals surface area contributed by atoms with Crippen LogP contribution in [0.4, 0.5) is 10.1 Å². The van der Waals surface area contributed by atoms with Crippen molar-refractivity contribution >= 4 is 29.3 Å². The molecule has 5 nitrogen and oxygen atoms in total. The van der Waals surface area contributed by atoms with Gasteiger partial charge in [0.1, 0.15) is 11.9 Å². The van der Waals surface area contributed by atoms with E-state index in [0.717, 1.165) is 11.8 Å². The van der Waals surface area contributed by atoms with Gasteiger partial charge in [0.05, 0.1) is 5.75 Å². The van der Waals surface area contributed by atoms with Gasteiger partial charge in [0, 0.05) is 11.4 Å². The summed E-state index contributed by atoms with van der Waals surface area (Å²) in [6.45, 7) is 0. The van der Waals surface area contributed by atoms with Crippen molar-refractivity contribution in [3.05, 3.63) is 30.1 Å². The normalized spacial score (nSPS) is 11.9. The highest BCUT2D eigenvalue weighted by atomic mass is 32.2. The molecule has 1 rings (SSSR count). The van der Waals surface area contributed by atoms with Crippen LogP contribution in [0.1, 0.15) is 0 Å². The Morgan fingerprint density at radius 2 is 2.00 bits per heavy atom. The number of carbonyl (C=O) groups is 2. The molecule has 0 saturated carbocycles. The molecule has 18 heavy (non-hydrogen) atoms. The first-order chi connectivity index (χ1) is 8.49. The fourth-order valence-electron chi connectivity index (χ4n) is 1.08. The number of benzene rings is 1. The van der Waals surface area contributed by atoms with Crippen LogP contribution in [0.3, 0.4) is 0 Å². The van der Waals surface area contributed by atoms with Crippen molar-refractivity contribution in [1.82, 2.24) is 0 Å². The van der Waals surface area contributed by atoms with E-state index in [-0.39, 0.29) is 23.2 Å². The molecular formula is C11H13FN2O3S. The number of hydrogen-bond acceptors (Lipinski definition) is 4. The Morgan fingerprint density at radius 1 is 1.39 bits per heavy atom. The van der Waals surface area contributed by atoms with Gasteiger partial charge in [-0.05, 0) is 24.3 Å². The Hall–Kier alpha value is -1.60. The maximum absolute atomic E-state index is 12.6. The average molecular weight is 272 g/mol. The van der Waals surface area contributed by atoms with Crippen LogP contribution in [-0.4, -0.2) is 34.5 Å². The smallest absolute Gasteiger partial charge is 0.321 e. The third-order valence-corrected chi connectivity index (χ3v) is 3.04. The van der Waals surface area contributed by atoms with E-state index in [1.165, 1.54) is 24.3 Å². The predicted octanol–water partition coefficient (Wildman–Crippen LogP) is 0.909. The largest absolute Gasteiger partial charge is 0.480 e. The van der Waals surface area contributed by atoms with Gasteiger partial charge in [-0.3, -0.25) is 9.59 Å². The maximum atomic E-state index is 12.6. The first kappa shape index (κ1) is 14.5. The average Bonchev–Trinajstić information content (AvgIpc) is 2.32. The lowest BCUT2D eigenvalue weighted by atomic mass is 10.3. The second-order valence-corrected chi connectivity index (χ2v) is 4.55. The fraction of sp³-hybridized carbons (Fsp3) is 0.273. The van der Waals surface area contributed by atoms with E-state index in [2.05, 4.69) is 5.32 Å². The summed E-state index contributed by atoms with van der Waals surface area (Å²) in [5.41, 5.74) is 5.77. The molecule has 0 bridgehead atoms. The number of anilines is 1. The quantitative estimate of drug-likeness (QED) is 0.716. The molecule has 0 heterocycles. The first-order valence-corrected chi connectivity index (χ1v) is 6.26. The Bertz CT molecular complexity index is 425. The second kappa shape index (κ2) is 6.97. The molecule has 0 saturated heterocycles. The number of nitrogens with one attached hydrogen (secondary N) is 1. The summed E-state index contributed by atoms with van der Waals surface area (Å²) < 4.78 is 12.6. The molecule has 0 radical (unpaired) electrons. The Labute approximate surface area is 108 Å². The van der Waals surface area contributed by atoms with Crippen molar-refractivity contribution in [2.75, 3.05) is 16.8 Å². The van der Waals surface area contributed by atoms with Gasteiger partial charge in [0.15, 0.2) is 0 Å². The fourth-order valence-corrected chi connectivity index (χ4v) is 1.85. The highest BCUT2D eigenvalue weighted by molar-refractivity contribution is 8.00. The molecule has 1 aromatic carbocycles. The molecule has 0 aliphatic carbocycles. The van der Waals surface area contributed by atoms with E-state index >= 15 is 0 Å². The maximum Gasteiger partial charge on any atom is 0.321 e. The predicted molar refractivity (Wildman–Crippen MR) is 68.0 cm³/mol. The number of nitrogens with two attached hydrogens (primary N) is 1. The molecule has 98 valence electrons. The first-order valence-electron chi connectivity index (χ1n) is 5.10. The van der Waals surface area contributed by atoms with Gasteiger partial charge in [0.2, 0.25) is 5.91 Å². The Kier molecular flexibility index (Phi) is 5.60.